The van der Waals surface area contributed by atoms with Gasteiger partial charge in [0.1, 0.15) is 11.4 Å². The molecule has 0 radical (unpaired) electrons. The van der Waals surface area contributed by atoms with E-state index in [9.17, 15) is 20.2 Å². The third kappa shape index (κ3) is 13.1. The highest BCUT2D eigenvalue weighted by Gasteiger charge is 2.14. The van der Waals surface area contributed by atoms with Crippen molar-refractivity contribution < 1.29 is 14.7 Å². The first-order valence-corrected chi connectivity index (χ1v) is 11.5. The Morgan fingerprint density at radius 2 is 1.18 bits per heavy atom. The molecule has 0 aliphatic heterocycles. The lowest BCUT2D eigenvalue weighted by atomic mass is 10.2. The number of nitrogens with two attached hydrogens (primary N) is 1. The molecule has 3 aromatic carbocycles. The molecule has 3 aromatic rings. The number of aryl methyl sites for hydroxylation is 3. The lowest BCUT2D eigenvalue weighted by molar-refractivity contribution is -0.786. The molecule has 3 rings (SSSR count). The highest BCUT2D eigenvalue weighted by atomic mass is 32.1. The SMILES string of the molecule is C.Cc1ccc(N(C)C)c([N+](=O)[O-])c1.Cc1ccc(N(C)C)cc1[N+](=O)[O-].Cc1ccc([NH+](C)C)cc1.[NH2-].[SH-]. The van der Waals surface area contributed by atoms with Crippen molar-refractivity contribution in [2.24, 2.45) is 0 Å². The minimum absolute atomic E-state index is 0. The van der Waals surface area contributed by atoms with Crippen molar-refractivity contribution in [1.82, 2.24) is 0 Å². The molecule has 0 bridgehead atoms. The molecule has 3 N–H and O–H groups in total. The molecule has 0 saturated carbocycles. The van der Waals surface area contributed by atoms with Crippen LogP contribution in [0.2, 0.25) is 0 Å². The molecule has 0 saturated heterocycles. The third-order valence-electron chi connectivity index (χ3n) is 5.34. The Labute approximate surface area is 240 Å². The Morgan fingerprint density at radius 1 is 0.692 bits per heavy atom. The van der Waals surface area contributed by atoms with Crippen LogP contribution in [-0.4, -0.2) is 52.1 Å². The summed E-state index contributed by atoms with van der Waals surface area (Å²) >= 11 is 0. The van der Waals surface area contributed by atoms with Crippen molar-refractivity contribution in [3.05, 3.63) is 104 Å². The van der Waals surface area contributed by atoms with Gasteiger partial charge in [0, 0.05) is 51.6 Å². The fourth-order valence-electron chi connectivity index (χ4n) is 3.12. The standard InChI is InChI=1S/2C9H12N2O2.C9H13N.CH4.H2N.H2S/c1-7-4-5-8(10(2)3)6-9(7)11(12)13;1-7-4-5-8(10(2)3)9(6-7)11(12)13;1-8-4-6-9(7-5-8)10(2)3;;;/h2*4-6H,1-3H3;4-7H,1-3H3;1H4;2*1H2/q;;;;-1;. The Kier molecular flexibility index (Phi) is 19.0. The Balaban J connectivity index is -0.000000484. The Bertz CT molecular complexity index is 1170. The largest absolute Gasteiger partial charge is 0.813 e. The quantitative estimate of drug-likeness (QED) is 0.180. The van der Waals surface area contributed by atoms with Gasteiger partial charge in [0.05, 0.1) is 23.9 Å². The predicted octanol–water partition coefficient (Wildman–Crippen LogP) is 5.79. The van der Waals surface area contributed by atoms with E-state index in [1.165, 1.54) is 16.2 Å². The number of nitrogens with zero attached hydrogens (tertiary/aromatic N) is 4. The summed E-state index contributed by atoms with van der Waals surface area (Å²) in [6, 6.07) is 19.0. The summed E-state index contributed by atoms with van der Waals surface area (Å²) in [5.74, 6) is 0. The maximum atomic E-state index is 10.7. The zero-order chi connectivity index (χ0) is 27.6. The number of hydrogen-bond acceptors (Lipinski definition) is 7. The fraction of sp³-hybridized carbons (Fsp3) is 0.357. The van der Waals surface area contributed by atoms with Gasteiger partial charge in [-0.05, 0) is 50.6 Å². The van der Waals surface area contributed by atoms with Gasteiger partial charge in [-0.1, -0.05) is 37.3 Å². The van der Waals surface area contributed by atoms with Crippen LogP contribution in [0.3, 0.4) is 0 Å². The van der Waals surface area contributed by atoms with E-state index >= 15 is 0 Å². The number of nitro groups is 2. The summed E-state index contributed by atoms with van der Waals surface area (Å²) in [5, 5.41) is 21.2. The van der Waals surface area contributed by atoms with E-state index in [1.807, 2.05) is 38.1 Å². The minimum Gasteiger partial charge on any atom is -0.813 e. The molecule has 0 fully saturated rings. The van der Waals surface area contributed by atoms with E-state index in [-0.39, 0.29) is 48.3 Å². The summed E-state index contributed by atoms with van der Waals surface area (Å²) in [6.07, 6.45) is 0. The number of rotatable bonds is 5. The highest BCUT2D eigenvalue weighted by molar-refractivity contribution is 7.37. The molecule has 0 aliphatic carbocycles. The lowest BCUT2D eigenvalue weighted by Gasteiger charge is -2.12. The van der Waals surface area contributed by atoms with E-state index < -0.39 is 0 Å². The number of quaternary nitrogens is 1. The molecular weight excluding hydrogens is 516 g/mol. The van der Waals surface area contributed by atoms with Gasteiger partial charge in [-0.25, -0.2) is 0 Å². The molecule has 0 aromatic heterocycles. The van der Waals surface area contributed by atoms with Crippen LogP contribution in [0.25, 0.3) is 6.15 Å². The Hall–Kier alpha value is -3.67. The number of nitrogens with one attached hydrogen (secondary N) is 1. The van der Waals surface area contributed by atoms with E-state index in [0.717, 1.165) is 11.3 Å². The van der Waals surface area contributed by atoms with Gasteiger partial charge in [-0.2, -0.15) is 0 Å². The first-order valence-electron chi connectivity index (χ1n) is 11.5. The van der Waals surface area contributed by atoms with Crippen molar-refractivity contribution in [2.75, 3.05) is 52.1 Å². The van der Waals surface area contributed by atoms with Gasteiger partial charge in [-0.15, -0.1) is 0 Å². The molecule has 0 heterocycles. The second kappa shape index (κ2) is 18.6. The van der Waals surface area contributed by atoms with E-state index in [4.69, 9.17) is 0 Å². The molecule has 0 atom stereocenters. The van der Waals surface area contributed by atoms with Gasteiger partial charge in [-0.3, -0.25) is 20.2 Å². The second-order valence-electron chi connectivity index (χ2n) is 9.13. The van der Waals surface area contributed by atoms with Gasteiger partial charge >= 0.3 is 0 Å². The zero-order valence-electron chi connectivity index (χ0n) is 23.7. The maximum Gasteiger partial charge on any atom is 0.292 e. The van der Waals surface area contributed by atoms with Crippen LogP contribution in [0.15, 0.2) is 60.7 Å². The number of nitro benzene ring substituents is 2. The third-order valence-corrected chi connectivity index (χ3v) is 5.34. The topological polar surface area (TPSA) is 131 Å². The van der Waals surface area contributed by atoms with Crippen molar-refractivity contribution in [3.63, 3.8) is 0 Å². The summed E-state index contributed by atoms with van der Waals surface area (Å²) < 4.78 is 0. The normalized spacial score (nSPS) is 9.18. The number of benzene rings is 3. The van der Waals surface area contributed by atoms with Crippen LogP contribution < -0.4 is 14.7 Å². The van der Waals surface area contributed by atoms with Gasteiger partial charge in [0.15, 0.2) is 0 Å². The van der Waals surface area contributed by atoms with Crippen LogP contribution in [0.1, 0.15) is 24.1 Å². The summed E-state index contributed by atoms with van der Waals surface area (Å²) in [5.41, 5.74) is 6.06. The van der Waals surface area contributed by atoms with Crippen LogP contribution >= 0.6 is 0 Å². The van der Waals surface area contributed by atoms with Crippen LogP contribution in [0.5, 0.6) is 0 Å². The molecule has 218 valence electrons. The lowest BCUT2D eigenvalue weighted by Crippen LogP contribution is -3.00. The predicted molar refractivity (Wildman–Crippen MR) is 169 cm³/mol. The number of anilines is 2. The summed E-state index contributed by atoms with van der Waals surface area (Å²) in [6.45, 7) is 5.68. The molecule has 0 unspecified atom stereocenters. The fourth-order valence-corrected chi connectivity index (χ4v) is 3.12. The summed E-state index contributed by atoms with van der Waals surface area (Å²) in [7, 11) is 11.5. The monoisotopic (exact) mass is 561 g/mol. The molecule has 0 aliphatic rings. The van der Waals surface area contributed by atoms with E-state index in [0.29, 0.717) is 11.3 Å². The van der Waals surface area contributed by atoms with Gasteiger partial charge in [0.2, 0.25) is 0 Å². The molecule has 0 amide bonds. The summed E-state index contributed by atoms with van der Waals surface area (Å²) in [4.78, 5) is 25.5. The van der Waals surface area contributed by atoms with Gasteiger partial charge < -0.3 is 34.3 Å². The molecule has 10 nitrogen and oxygen atoms in total. The van der Waals surface area contributed by atoms with Crippen LogP contribution in [0, 0.1) is 41.0 Å². The van der Waals surface area contributed by atoms with Crippen molar-refractivity contribution in [3.8, 4) is 0 Å². The average molecular weight is 562 g/mol. The molecule has 39 heavy (non-hydrogen) atoms. The first-order chi connectivity index (χ1) is 16.7. The van der Waals surface area contributed by atoms with Crippen molar-refractivity contribution >= 4 is 41.9 Å². The number of hydrogen-bond donors (Lipinski definition) is 1. The maximum absolute atomic E-state index is 10.7. The molecular formula is C28H45N6O4S-. The van der Waals surface area contributed by atoms with E-state index in [1.54, 1.807) is 50.2 Å². The Morgan fingerprint density at radius 3 is 1.59 bits per heavy atom. The minimum atomic E-state index is -0.359. The van der Waals surface area contributed by atoms with Crippen LogP contribution in [-0.2, 0) is 13.5 Å². The number of thiol groups is 1. The zero-order valence-corrected chi connectivity index (χ0v) is 24.6. The highest BCUT2D eigenvalue weighted by Crippen LogP contribution is 2.27. The van der Waals surface area contributed by atoms with Crippen LogP contribution in [0.4, 0.5) is 28.4 Å². The second-order valence-corrected chi connectivity index (χ2v) is 9.13. The van der Waals surface area contributed by atoms with Crippen molar-refractivity contribution in [2.45, 2.75) is 28.2 Å². The molecule has 0 spiro atoms. The van der Waals surface area contributed by atoms with E-state index in [2.05, 4.69) is 45.3 Å². The van der Waals surface area contributed by atoms with Gasteiger partial charge in [0.25, 0.3) is 11.4 Å². The average Bonchev–Trinajstić information content (AvgIpc) is 2.80. The molecule has 11 heteroatoms. The van der Waals surface area contributed by atoms with Crippen molar-refractivity contribution in [1.29, 1.82) is 0 Å². The first kappa shape index (κ1) is 39.8. The smallest absolute Gasteiger partial charge is 0.292 e.